The lowest BCUT2D eigenvalue weighted by molar-refractivity contribution is 0.146. The van der Waals surface area contributed by atoms with E-state index in [0.717, 1.165) is 60.7 Å². The van der Waals surface area contributed by atoms with E-state index in [9.17, 15) is 0 Å². The molecule has 4 heterocycles. The van der Waals surface area contributed by atoms with E-state index in [0.29, 0.717) is 6.54 Å². The molecule has 0 bridgehead atoms. The Morgan fingerprint density at radius 3 is 2.59 bits per heavy atom. The van der Waals surface area contributed by atoms with Crippen molar-refractivity contribution in [3.63, 3.8) is 0 Å². The van der Waals surface area contributed by atoms with Crippen LogP contribution >= 0.6 is 24.0 Å². The van der Waals surface area contributed by atoms with Crippen LogP contribution in [0.5, 0.6) is 0 Å². The van der Waals surface area contributed by atoms with Crippen LogP contribution in [0.1, 0.15) is 54.9 Å². The van der Waals surface area contributed by atoms with Gasteiger partial charge in [-0.1, -0.05) is 12.5 Å². The summed E-state index contributed by atoms with van der Waals surface area (Å²) in [6.07, 6.45) is 7.43. The first-order valence-electron chi connectivity index (χ1n) is 11.9. The zero-order valence-electron chi connectivity index (χ0n) is 20.3. The van der Waals surface area contributed by atoms with E-state index in [1.807, 2.05) is 42.9 Å². The number of hydrogen-bond acceptors (Lipinski definition) is 5. The smallest absolute Gasteiger partial charge is 0.191 e. The maximum Gasteiger partial charge on any atom is 0.191 e. The predicted molar refractivity (Wildman–Crippen MR) is 146 cm³/mol. The van der Waals surface area contributed by atoms with Crippen molar-refractivity contribution in [2.24, 2.45) is 4.99 Å². The predicted octanol–water partition coefficient (Wildman–Crippen LogP) is 4.38. The molecule has 0 aliphatic carbocycles. The zero-order chi connectivity index (χ0) is 23.0. The summed E-state index contributed by atoms with van der Waals surface area (Å²) in [6.45, 7) is 10.4. The monoisotopic (exact) mass is 577 g/mol. The fourth-order valence-corrected chi connectivity index (χ4v) is 4.32. The van der Waals surface area contributed by atoms with Gasteiger partial charge in [0, 0.05) is 25.0 Å². The fraction of sp³-hybridized carbons (Fsp3) is 0.480. The van der Waals surface area contributed by atoms with E-state index < -0.39 is 0 Å². The number of pyridine rings is 1. The third-order valence-corrected chi connectivity index (χ3v) is 5.97. The van der Waals surface area contributed by atoms with Crippen molar-refractivity contribution in [1.29, 1.82) is 0 Å². The van der Waals surface area contributed by atoms with Crippen LogP contribution in [-0.4, -0.2) is 51.8 Å². The number of nitrogens with one attached hydrogen (secondary N) is 2. The van der Waals surface area contributed by atoms with Crippen LogP contribution in [0.2, 0.25) is 0 Å². The summed E-state index contributed by atoms with van der Waals surface area (Å²) in [7, 11) is 0. The Labute approximate surface area is 219 Å². The van der Waals surface area contributed by atoms with Gasteiger partial charge < -0.3 is 15.1 Å². The maximum atomic E-state index is 5.77. The van der Waals surface area contributed by atoms with E-state index >= 15 is 0 Å². The molecule has 9 heteroatoms. The molecule has 1 aliphatic heterocycles. The van der Waals surface area contributed by atoms with Crippen molar-refractivity contribution in [2.75, 3.05) is 26.2 Å². The molecule has 0 saturated carbocycles. The van der Waals surface area contributed by atoms with Gasteiger partial charge >= 0.3 is 0 Å². The highest BCUT2D eigenvalue weighted by molar-refractivity contribution is 14.0. The molecule has 1 fully saturated rings. The first-order chi connectivity index (χ1) is 16.1. The molecule has 1 saturated heterocycles. The lowest BCUT2D eigenvalue weighted by Crippen LogP contribution is -2.44. The minimum absolute atomic E-state index is 0. The second-order valence-corrected chi connectivity index (χ2v) is 8.57. The van der Waals surface area contributed by atoms with Crippen LogP contribution in [0.3, 0.4) is 0 Å². The number of aryl methyl sites for hydroxylation is 2. The highest BCUT2D eigenvalue weighted by Crippen LogP contribution is 2.24. The molecule has 8 nitrogen and oxygen atoms in total. The van der Waals surface area contributed by atoms with E-state index in [1.165, 1.54) is 19.3 Å². The summed E-state index contributed by atoms with van der Waals surface area (Å²) in [6, 6.07) is 10.3. The van der Waals surface area contributed by atoms with Gasteiger partial charge in [0.25, 0.3) is 0 Å². The first kappa shape index (κ1) is 26.2. The van der Waals surface area contributed by atoms with Crippen LogP contribution in [0.25, 0.3) is 5.82 Å². The molecule has 3 aromatic heterocycles. The van der Waals surface area contributed by atoms with Gasteiger partial charge in [-0.2, -0.15) is 5.10 Å². The van der Waals surface area contributed by atoms with Crippen LogP contribution in [0.15, 0.2) is 52.2 Å². The second-order valence-electron chi connectivity index (χ2n) is 8.57. The molecule has 34 heavy (non-hydrogen) atoms. The molecule has 1 atom stereocenters. The summed E-state index contributed by atoms with van der Waals surface area (Å²) in [5.41, 5.74) is 3.11. The van der Waals surface area contributed by atoms with E-state index in [-0.39, 0.29) is 30.0 Å². The minimum Gasteiger partial charge on any atom is -0.468 e. The van der Waals surface area contributed by atoms with Gasteiger partial charge in [0.15, 0.2) is 11.8 Å². The number of nitrogens with zero attached hydrogens (tertiary/aromatic N) is 5. The molecule has 3 aromatic rings. The van der Waals surface area contributed by atoms with E-state index in [2.05, 4.69) is 44.7 Å². The Morgan fingerprint density at radius 1 is 1.15 bits per heavy atom. The number of guanidine groups is 1. The van der Waals surface area contributed by atoms with Crippen LogP contribution < -0.4 is 10.6 Å². The van der Waals surface area contributed by atoms with Gasteiger partial charge in [-0.25, -0.2) is 14.7 Å². The summed E-state index contributed by atoms with van der Waals surface area (Å²) < 4.78 is 7.64. The zero-order valence-corrected chi connectivity index (χ0v) is 22.7. The number of rotatable bonds is 8. The van der Waals surface area contributed by atoms with Gasteiger partial charge in [-0.05, 0) is 76.5 Å². The van der Waals surface area contributed by atoms with Gasteiger partial charge in [0.05, 0.1) is 24.5 Å². The molecule has 1 unspecified atom stereocenters. The van der Waals surface area contributed by atoms with Gasteiger partial charge in [0.2, 0.25) is 0 Å². The molecule has 0 amide bonds. The van der Waals surface area contributed by atoms with Gasteiger partial charge in [0.1, 0.15) is 5.76 Å². The maximum absolute atomic E-state index is 5.77. The van der Waals surface area contributed by atoms with Crippen molar-refractivity contribution in [1.82, 2.24) is 30.3 Å². The average Bonchev–Trinajstić information content (AvgIpc) is 3.48. The van der Waals surface area contributed by atoms with Gasteiger partial charge in [-0.3, -0.25) is 4.90 Å². The Bertz CT molecular complexity index is 1020. The number of halogens is 1. The number of aliphatic imine (C=N–C) groups is 1. The van der Waals surface area contributed by atoms with Crippen molar-refractivity contribution < 1.29 is 4.42 Å². The first-order valence-corrected chi connectivity index (χ1v) is 11.9. The van der Waals surface area contributed by atoms with Crippen molar-refractivity contribution in [2.45, 2.75) is 52.6 Å². The third kappa shape index (κ3) is 6.82. The summed E-state index contributed by atoms with van der Waals surface area (Å²) in [5.74, 6) is 2.62. The summed E-state index contributed by atoms with van der Waals surface area (Å²) in [4.78, 5) is 11.9. The highest BCUT2D eigenvalue weighted by atomic mass is 127. The number of aromatic nitrogens is 3. The molecule has 4 rings (SSSR count). The summed E-state index contributed by atoms with van der Waals surface area (Å²) in [5, 5.41) is 11.4. The number of hydrogen-bond donors (Lipinski definition) is 2. The normalized spacial score (nSPS) is 15.6. The lowest BCUT2D eigenvalue weighted by Gasteiger charge is -2.33. The quantitative estimate of drug-likeness (QED) is 0.235. The number of piperidine rings is 1. The fourth-order valence-electron chi connectivity index (χ4n) is 4.32. The molecule has 184 valence electrons. The summed E-state index contributed by atoms with van der Waals surface area (Å²) >= 11 is 0. The molecule has 0 spiro atoms. The average molecular weight is 578 g/mol. The van der Waals surface area contributed by atoms with Crippen molar-refractivity contribution >= 4 is 29.9 Å². The molecule has 0 radical (unpaired) electrons. The molecular formula is C25H36IN7O. The number of likely N-dealkylation sites (tertiary alicyclic amines) is 1. The Kier molecular flexibility index (Phi) is 9.94. The number of furan rings is 1. The largest absolute Gasteiger partial charge is 0.468 e. The molecule has 1 aliphatic rings. The second kappa shape index (κ2) is 12.9. The molecular weight excluding hydrogens is 541 g/mol. The van der Waals surface area contributed by atoms with Crippen molar-refractivity contribution in [3.8, 4) is 5.82 Å². The topological polar surface area (TPSA) is 83.5 Å². The van der Waals surface area contributed by atoms with Crippen LogP contribution in [-0.2, 0) is 6.54 Å². The Morgan fingerprint density at radius 2 is 1.97 bits per heavy atom. The standard InChI is InChI=1S/C25H35N7O.HI/c1-4-26-25(29-18-22(23-9-8-14-33-23)31-12-6-5-7-13-31)28-17-21-10-11-24(27-16-21)32-20(3)15-19(2)30-32;/h8-11,14-16,22H,4-7,12-13,17-18H2,1-3H3,(H2,26,28,29);1H. The Hall–Kier alpha value is -2.40. The lowest BCUT2D eigenvalue weighted by atomic mass is 10.1. The van der Waals surface area contributed by atoms with Crippen LogP contribution in [0, 0.1) is 13.8 Å². The highest BCUT2D eigenvalue weighted by Gasteiger charge is 2.24. The van der Waals surface area contributed by atoms with E-state index in [1.54, 1.807) is 6.26 Å². The SMILES string of the molecule is CCNC(=NCc1ccc(-n2nc(C)cc2C)nc1)NCC(c1ccco1)N1CCCCC1.I. The van der Waals surface area contributed by atoms with Gasteiger partial charge in [-0.15, -0.1) is 24.0 Å². The van der Waals surface area contributed by atoms with Crippen molar-refractivity contribution in [3.05, 3.63) is 65.5 Å². The minimum atomic E-state index is 0. The molecule has 0 aromatic carbocycles. The molecule has 2 N–H and O–H groups in total. The van der Waals surface area contributed by atoms with E-state index in [4.69, 9.17) is 9.41 Å². The van der Waals surface area contributed by atoms with Crippen LogP contribution in [0.4, 0.5) is 0 Å². The third-order valence-electron chi connectivity index (χ3n) is 5.97. The Balaban J connectivity index is 0.00000324.